The molecule has 1 amide bonds. The average Bonchev–Trinajstić information content (AvgIpc) is 2.57. The summed E-state index contributed by atoms with van der Waals surface area (Å²) in [7, 11) is 1.60. The van der Waals surface area contributed by atoms with Crippen molar-refractivity contribution < 1.29 is 19.4 Å². The molecule has 0 saturated carbocycles. The fourth-order valence-electron chi connectivity index (χ4n) is 3.32. The molecule has 1 atom stereocenters. The molecule has 1 aliphatic rings. The fourth-order valence-corrected chi connectivity index (χ4v) is 3.52. The monoisotopic (exact) mass is 353 g/mol. The second-order valence-electron chi connectivity index (χ2n) is 6.50. The second-order valence-corrected chi connectivity index (χ2v) is 6.90. The Labute approximate surface area is 147 Å². The first-order chi connectivity index (χ1) is 11.4. The molecular weight excluding hydrogens is 330 g/mol. The van der Waals surface area contributed by atoms with Crippen LogP contribution >= 0.6 is 11.6 Å². The molecule has 0 aliphatic carbocycles. The molecule has 0 radical (unpaired) electrons. The van der Waals surface area contributed by atoms with Crippen LogP contribution in [0.1, 0.15) is 41.6 Å². The van der Waals surface area contributed by atoms with Gasteiger partial charge in [0, 0.05) is 26.8 Å². The Kier molecular flexibility index (Phi) is 6.24. The smallest absolute Gasteiger partial charge is 0.311 e. The molecule has 132 valence electrons. The zero-order chi connectivity index (χ0) is 17.7. The lowest BCUT2D eigenvalue weighted by Gasteiger charge is -2.40. The predicted octanol–water partition coefficient (Wildman–Crippen LogP) is 3.38. The number of benzene rings is 1. The number of amides is 1. The van der Waals surface area contributed by atoms with Crippen LogP contribution < -0.4 is 0 Å². The molecule has 1 aliphatic heterocycles. The molecule has 1 aromatic rings. The Morgan fingerprint density at radius 2 is 2.17 bits per heavy atom. The molecule has 6 heteroatoms. The van der Waals surface area contributed by atoms with Gasteiger partial charge in [-0.15, -0.1) is 0 Å². The third-order valence-electron chi connectivity index (χ3n) is 4.67. The number of ether oxygens (including phenoxy) is 1. The zero-order valence-electron chi connectivity index (χ0n) is 14.2. The minimum atomic E-state index is -0.900. The molecule has 2 rings (SSSR count). The first-order valence-electron chi connectivity index (χ1n) is 8.17. The summed E-state index contributed by atoms with van der Waals surface area (Å²) in [5, 5.41) is 10.2. The molecule has 5 nitrogen and oxygen atoms in total. The van der Waals surface area contributed by atoms with Crippen molar-refractivity contribution >= 4 is 23.5 Å². The van der Waals surface area contributed by atoms with E-state index in [1.807, 2.05) is 13.0 Å². The van der Waals surface area contributed by atoms with Crippen LogP contribution in [0.5, 0.6) is 0 Å². The number of piperidine rings is 1. The van der Waals surface area contributed by atoms with Gasteiger partial charge in [-0.05, 0) is 44.7 Å². The van der Waals surface area contributed by atoms with Gasteiger partial charge in [-0.25, -0.2) is 0 Å². The molecule has 24 heavy (non-hydrogen) atoms. The minimum absolute atomic E-state index is 0.194. The lowest BCUT2D eigenvalue weighted by Crippen LogP contribution is -2.50. The number of hydrogen-bond acceptors (Lipinski definition) is 3. The summed E-state index contributed by atoms with van der Waals surface area (Å²) in [6, 6.07) is 5.31. The third-order valence-corrected chi connectivity index (χ3v) is 5.00. The predicted molar refractivity (Wildman–Crippen MR) is 92.5 cm³/mol. The third kappa shape index (κ3) is 4.08. The minimum Gasteiger partial charge on any atom is -0.481 e. The van der Waals surface area contributed by atoms with Crippen molar-refractivity contribution in [3.8, 4) is 0 Å². The van der Waals surface area contributed by atoms with Crippen LogP contribution in [-0.4, -0.2) is 48.7 Å². The Bertz CT molecular complexity index is 619. The number of rotatable bonds is 6. The maximum absolute atomic E-state index is 12.8. The summed E-state index contributed by atoms with van der Waals surface area (Å²) in [4.78, 5) is 26.4. The van der Waals surface area contributed by atoms with E-state index in [1.54, 1.807) is 24.1 Å². The summed E-state index contributed by atoms with van der Waals surface area (Å²) >= 11 is 6.17. The van der Waals surface area contributed by atoms with Crippen LogP contribution in [-0.2, 0) is 9.53 Å². The SMILES string of the molecule is COCCC[C@]1(C(=O)O)CCCN(C(=O)c2cc(C)ccc2Cl)C1. The molecule has 1 N–H and O–H groups in total. The molecule has 1 fully saturated rings. The summed E-state index contributed by atoms with van der Waals surface area (Å²) in [5.41, 5.74) is 0.488. The van der Waals surface area contributed by atoms with E-state index in [0.29, 0.717) is 49.4 Å². The highest BCUT2D eigenvalue weighted by atomic mass is 35.5. The van der Waals surface area contributed by atoms with Crippen molar-refractivity contribution in [1.82, 2.24) is 4.90 Å². The number of carbonyl (C=O) groups excluding carboxylic acids is 1. The van der Waals surface area contributed by atoms with Crippen molar-refractivity contribution in [3.63, 3.8) is 0 Å². The van der Waals surface area contributed by atoms with Crippen LogP contribution in [0.15, 0.2) is 18.2 Å². The van der Waals surface area contributed by atoms with E-state index in [4.69, 9.17) is 16.3 Å². The van der Waals surface area contributed by atoms with E-state index < -0.39 is 11.4 Å². The highest BCUT2D eigenvalue weighted by Crippen LogP contribution is 2.36. The lowest BCUT2D eigenvalue weighted by molar-refractivity contribution is -0.152. The van der Waals surface area contributed by atoms with Gasteiger partial charge in [0.15, 0.2) is 0 Å². The van der Waals surface area contributed by atoms with Crippen molar-refractivity contribution in [1.29, 1.82) is 0 Å². The number of hydrogen-bond donors (Lipinski definition) is 1. The van der Waals surface area contributed by atoms with E-state index in [0.717, 1.165) is 5.56 Å². The Morgan fingerprint density at radius 1 is 1.42 bits per heavy atom. The van der Waals surface area contributed by atoms with Crippen molar-refractivity contribution in [3.05, 3.63) is 34.3 Å². The molecule has 1 aromatic carbocycles. The van der Waals surface area contributed by atoms with Crippen molar-refractivity contribution in [2.24, 2.45) is 5.41 Å². The quantitative estimate of drug-likeness (QED) is 0.796. The molecule has 1 saturated heterocycles. The fraction of sp³-hybridized carbons (Fsp3) is 0.556. The number of aryl methyl sites for hydroxylation is 1. The van der Waals surface area contributed by atoms with E-state index in [2.05, 4.69) is 0 Å². The normalized spacial score (nSPS) is 20.9. The van der Waals surface area contributed by atoms with E-state index in [9.17, 15) is 14.7 Å². The topological polar surface area (TPSA) is 66.8 Å². The van der Waals surface area contributed by atoms with Crippen molar-refractivity contribution in [2.75, 3.05) is 26.8 Å². The van der Waals surface area contributed by atoms with Gasteiger partial charge in [0.1, 0.15) is 0 Å². The average molecular weight is 354 g/mol. The highest BCUT2D eigenvalue weighted by molar-refractivity contribution is 6.33. The Morgan fingerprint density at radius 3 is 2.83 bits per heavy atom. The number of methoxy groups -OCH3 is 1. The largest absolute Gasteiger partial charge is 0.481 e. The van der Waals surface area contributed by atoms with Gasteiger partial charge in [-0.2, -0.15) is 0 Å². The molecule has 1 heterocycles. The summed E-state index contributed by atoms with van der Waals surface area (Å²) in [5.74, 6) is -1.03. The van der Waals surface area contributed by atoms with Gasteiger partial charge in [-0.1, -0.05) is 23.2 Å². The Hall–Kier alpha value is -1.59. The van der Waals surface area contributed by atoms with Crippen LogP contribution in [0.4, 0.5) is 0 Å². The van der Waals surface area contributed by atoms with Gasteiger partial charge < -0.3 is 14.7 Å². The van der Waals surface area contributed by atoms with Gasteiger partial charge in [0.25, 0.3) is 5.91 Å². The molecule has 0 bridgehead atoms. The highest BCUT2D eigenvalue weighted by Gasteiger charge is 2.43. The summed E-state index contributed by atoms with van der Waals surface area (Å²) in [6.07, 6.45) is 2.42. The number of carbonyl (C=O) groups is 2. The van der Waals surface area contributed by atoms with Gasteiger partial charge in [-0.3, -0.25) is 9.59 Å². The summed E-state index contributed by atoms with van der Waals surface area (Å²) in [6.45, 7) is 3.19. The Balaban J connectivity index is 2.20. The van der Waals surface area contributed by atoms with Crippen LogP contribution in [0.3, 0.4) is 0 Å². The van der Waals surface area contributed by atoms with E-state index in [1.165, 1.54) is 0 Å². The zero-order valence-corrected chi connectivity index (χ0v) is 14.9. The van der Waals surface area contributed by atoms with Crippen molar-refractivity contribution in [2.45, 2.75) is 32.6 Å². The molecule has 0 unspecified atom stereocenters. The standard InChI is InChI=1S/C18H24ClNO4/c1-13-5-6-15(19)14(11-13)16(21)20-9-3-7-18(12-20,17(22)23)8-4-10-24-2/h5-6,11H,3-4,7-10,12H2,1-2H3,(H,22,23)/t18-/m1/s1. The summed E-state index contributed by atoms with van der Waals surface area (Å²) < 4.78 is 5.04. The number of aliphatic carboxylic acids is 1. The first-order valence-corrected chi connectivity index (χ1v) is 8.55. The second kappa shape index (κ2) is 7.99. The number of nitrogens with zero attached hydrogens (tertiary/aromatic N) is 1. The van der Waals surface area contributed by atoms with E-state index in [-0.39, 0.29) is 12.5 Å². The van der Waals surface area contributed by atoms with E-state index >= 15 is 0 Å². The van der Waals surface area contributed by atoms with Crippen LogP contribution in [0, 0.1) is 12.3 Å². The van der Waals surface area contributed by atoms with Crippen LogP contribution in [0.2, 0.25) is 5.02 Å². The maximum atomic E-state index is 12.8. The number of carboxylic acids is 1. The number of carboxylic acid groups (broad SMARTS) is 1. The maximum Gasteiger partial charge on any atom is 0.311 e. The number of halogens is 1. The van der Waals surface area contributed by atoms with Gasteiger partial charge in [0.2, 0.25) is 0 Å². The number of likely N-dealkylation sites (tertiary alicyclic amines) is 1. The first kappa shape index (κ1) is 18.7. The molecule has 0 aromatic heterocycles. The van der Waals surface area contributed by atoms with Gasteiger partial charge >= 0.3 is 5.97 Å². The van der Waals surface area contributed by atoms with Gasteiger partial charge in [0.05, 0.1) is 16.0 Å². The molecule has 0 spiro atoms. The molecular formula is C18H24ClNO4. The lowest BCUT2D eigenvalue weighted by atomic mass is 9.76. The van der Waals surface area contributed by atoms with Crippen LogP contribution in [0.25, 0.3) is 0 Å².